The van der Waals surface area contributed by atoms with Crippen molar-refractivity contribution >= 4 is 35.6 Å². The van der Waals surface area contributed by atoms with Crippen molar-refractivity contribution in [3.63, 3.8) is 0 Å². The van der Waals surface area contributed by atoms with E-state index in [2.05, 4.69) is 6.92 Å². The molecule has 7 unspecified atom stereocenters. The third-order valence-corrected chi connectivity index (χ3v) is 10.8. The maximum atomic E-state index is 13.5. The highest BCUT2D eigenvalue weighted by Crippen LogP contribution is 2.46. The maximum Gasteiger partial charge on any atom is 0.333 e. The zero-order valence-electron chi connectivity index (χ0n) is 37.2. The van der Waals surface area contributed by atoms with Crippen LogP contribution in [0.25, 0.3) is 0 Å². The van der Waals surface area contributed by atoms with Crippen LogP contribution < -0.4 is 0 Å². The van der Waals surface area contributed by atoms with Crippen LogP contribution in [0.1, 0.15) is 141 Å². The van der Waals surface area contributed by atoms with Crippen LogP contribution in [-0.2, 0) is 61.9 Å². The summed E-state index contributed by atoms with van der Waals surface area (Å²) >= 11 is 0. The SMILES string of the molecule is CCC(=O)OC(C/C=C(\C)C(=O)OC)C(C)C(OC(C)=O)C(CC(C)C(OC(=O)CC(C)C)[C@H]1C[C@@H](C)C[C@@]2(C[C@@H](C)C[C@H](C(O)C(C)=O)O2)O1)OC(=O)CC(C)C. The minimum atomic E-state index is -1.32. The molecule has 2 rings (SSSR count). The van der Waals surface area contributed by atoms with Gasteiger partial charge in [-0.1, -0.05) is 68.4 Å². The molecule has 0 bridgehead atoms. The van der Waals surface area contributed by atoms with Crippen LogP contribution in [0.4, 0.5) is 0 Å². The number of esters is 5. The molecule has 14 nitrogen and oxygen atoms in total. The van der Waals surface area contributed by atoms with Crippen LogP contribution in [0.2, 0.25) is 0 Å². The van der Waals surface area contributed by atoms with Crippen molar-refractivity contribution in [3.05, 3.63) is 11.6 Å². The molecule has 0 saturated carbocycles. The van der Waals surface area contributed by atoms with Gasteiger partial charge in [0.25, 0.3) is 0 Å². The van der Waals surface area contributed by atoms with E-state index in [0.717, 1.165) is 0 Å². The molecule has 2 heterocycles. The van der Waals surface area contributed by atoms with Gasteiger partial charge < -0.3 is 38.3 Å². The van der Waals surface area contributed by atoms with Gasteiger partial charge in [0.15, 0.2) is 11.6 Å². The predicted octanol–water partition coefficient (Wildman–Crippen LogP) is 6.60. The average molecular weight is 825 g/mol. The first-order chi connectivity index (χ1) is 27.0. The van der Waals surface area contributed by atoms with Gasteiger partial charge in [0.1, 0.15) is 30.5 Å². The molecule has 14 heteroatoms. The van der Waals surface area contributed by atoms with E-state index in [0.29, 0.717) is 25.7 Å². The van der Waals surface area contributed by atoms with E-state index >= 15 is 0 Å². The van der Waals surface area contributed by atoms with Crippen LogP contribution in [0, 0.1) is 35.5 Å². The number of aliphatic hydroxyl groups excluding tert-OH is 1. The minimum absolute atomic E-state index is 0.00378. The summed E-state index contributed by atoms with van der Waals surface area (Å²) in [4.78, 5) is 77.0. The zero-order valence-corrected chi connectivity index (χ0v) is 37.2. The Morgan fingerprint density at radius 1 is 0.759 bits per heavy atom. The number of carbonyl (C=O) groups is 6. The summed E-state index contributed by atoms with van der Waals surface area (Å²) in [6.45, 7) is 21.0. The maximum absolute atomic E-state index is 13.5. The predicted molar refractivity (Wildman–Crippen MR) is 214 cm³/mol. The van der Waals surface area contributed by atoms with Gasteiger partial charge in [-0.3, -0.25) is 24.0 Å². The van der Waals surface area contributed by atoms with Crippen LogP contribution in [0.15, 0.2) is 11.6 Å². The second kappa shape index (κ2) is 23.4. The second-order valence-electron chi connectivity index (χ2n) is 17.7. The van der Waals surface area contributed by atoms with Crippen molar-refractivity contribution < 1.29 is 67.0 Å². The Kier molecular flexibility index (Phi) is 20.5. The number of Topliss-reactive ketones (excluding diaryl/α,β-unsaturated/α-hetero) is 1. The van der Waals surface area contributed by atoms with E-state index in [-0.39, 0.29) is 61.3 Å². The first-order valence-corrected chi connectivity index (χ1v) is 21.1. The molecule has 332 valence electrons. The molecular weight excluding hydrogens is 752 g/mol. The molecule has 0 amide bonds. The van der Waals surface area contributed by atoms with Gasteiger partial charge >= 0.3 is 29.8 Å². The zero-order chi connectivity index (χ0) is 44.1. The van der Waals surface area contributed by atoms with E-state index < -0.39 is 96.0 Å². The fourth-order valence-electron chi connectivity index (χ4n) is 8.11. The van der Waals surface area contributed by atoms with E-state index in [1.54, 1.807) is 26.8 Å². The molecule has 0 aliphatic carbocycles. The molecule has 2 saturated heterocycles. The first-order valence-electron chi connectivity index (χ1n) is 21.1. The lowest BCUT2D eigenvalue weighted by molar-refractivity contribution is -0.347. The lowest BCUT2D eigenvalue weighted by Gasteiger charge is -2.51. The van der Waals surface area contributed by atoms with E-state index in [1.165, 1.54) is 21.0 Å². The summed E-state index contributed by atoms with van der Waals surface area (Å²) in [5.74, 6) is -5.58. The molecule has 58 heavy (non-hydrogen) atoms. The Morgan fingerprint density at radius 2 is 1.28 bits per heavy atom. The van der Waals surface area contributed by atoms with Crippen LogP contribution in [0.3, 0.4) is 0 Å². The molecule has 0 aromatic heterocycles. The number of methoxy groups -OCH3 is 1. The number of hydrogen-bond acceptors (Lipinski definition) is 14. The number of aliphatic hydroxyl groups is 1. The summed E-state index contributed by atoms with van der Waals surface area (Å²) in [7, 11) is 1.26. The molecular formula is C44H72O14. The Hall–Kier alpha value is -3.36. The summed E-state index contributed by atoms with van der Waals surface area (Å²) in [5, 5.41) is 10.8. The minimum Gasteiger partial charge on any atom is -0.466 e. The molecule has 0 radical (unpaired) electrons. The quantitative estimate of drug-likeness (QED) is 0.0741. The summed E-state index contributed by atoms with van der Waals surface area (Å²) < 4.78 is 42.5. The highest BCUT2D eigenvalue weighted by Gasteiger charge is 2.52. The Labute approximate surface area is 345 Å². The van der Waals surface area contributed by atoms with Crippen LogP contribution in [-0.4, -0.2) is 96.4 Å². The Balaban J connectivity index is 2.68. The molecule has 2 aliphatic heterocycles. The lowest BCUT2D eigenvalue weighted by atomic mass is 9.79. The monoisotopic (exact) mass is 824 g/mol. The molecule has 0 aromatic carbocycles. The Bertz CT molecular complexity index is 1420. The van der Waals surface area contributed by atoms with Gasteiger partial charge in [-0.05, 0) is 62.7 Å². The van der Waals surface area contributed by atoms with E-state index in [4.69, 9.17) is 33.2 Å². The summed E-state index contributed by atoms with van der Waals surface area (Å²) in [5.41, 5.74) is 0.286. The Morgan fingerprint density at radius 3 is 1.78 bits per heavy atom. The number of hydrogen-bond donors (Lipinski definition) is 1. The first kappa shape index (κ1) is 50.8. The van der Waals surface area contributed by atoms with Gasteiger partial charge in [-0.15, -0.1) is 0 Å². The normalized spacial score (nSPS) is 26.1. The van der Waals surface area contributed by atoms with Gasteiger partial charge in [0.05, 0.1) is 19.3 Å². The van der Waals surface area contributed by atoms with Gasteiger partial charge in [-0.25, -0.2) is 4.79 Å². The topological polar surface area (TPSA) is 187 Å². The largest absolute Gasteiger partial charge is 0.466 e. The molecule has 1 N–H and O–H groups in total. The highest BCUT2D eigenvalue weighted by molar-refractivity contribution is 5.87. The summed E-state index contributed by atoms with van der Waals surface area (Å²) in [6, 6.07) is 0. The molecule has 2 aliphatic rings. The van der Waals surface area contributed by atoms with Crippen molar-refractivity contribution in [2.75, 3.05) is 7.11 Å². The molecule has 12 atom stereocenters. The lowest BCUT2D eigenvalue weighted by Crippen LogP contribution is -2.57. The van der Waals surface area contributed by atoms with Crippen molar-refractivity contribution in [1.29, 1.82) is 0 Å². The van der Waals surface area contributed by atoms with E-state index in [9.17, 15) is 33.9 Å². The highest BCUT2D eigenvalue weighted by atomic mass is 16.7. The second-order valence-corrected chi connectivity index (χ2v) is 17.7. The standard InChI is InChI=1S/C44H72O14/c1-14-37(47)54-33(16-15-28(8)43(51)52-13)30(10)42(53-32(12)46)35(55-38(48)17-24(2)3)21-29(9)41(56-39(49)18-25(4)5)36-20-27(7)23-44(58-36)22-26(6)19-34(57-44)40(50)31(11)45/h15,24-27,29-30,33-36,40-42,50H,14,16-23H2,1-13H3/b28-15+/t26-,27+,29?,30?,33?,34+,35?,36+,40?,41?,42?,44+/m0/s1. The number of ketones is 1. The molecule has 0 aromatic rings. The van der Waals surface area contributed by atoms with Crippen molar-refractivity contribution in [2.24, 2.45) is 35.5 Å². The third kappa shape index (κ3) is 16.0. The summed E-state index contributed by atoms with van der Waals surface area (Å²) in [6.07, 6.45) is -2.91. The fraction of sp³-hybridized carbons (Fsp3) is 0.818. The van der Waals surface area contributed by atoms with E-state index in [1.807, 2.05) is 41.5 Å². The number of ether oxygens (including phenoxy) is 7. The van der Waals surface area contributed by atoms with Gasteiger partial charge in [0.2, 0.25) is 0 Å². The fourth-order valence-corrected chi connectivity index (χ4v) is 8.11. The van der Waals surface area contributed by atoms with Crippen LogP contribution in [0.5, 0.6) is 0 Å². The smallest absolute Gasteiger partial charge is 0.333 e. The molecule has 2 fully saturated rings. The van der Waals surface area contributed by atoms with Gasteiger partial charge in [-0.2, -0.15) is 0 Å². The van der Waals surface area contributed by atoms with Crippen molar-refractivity contribution in [3.8, 4) is 0 Å². The average Bonchev–Trinajstić information content (AvgIpc) is 3.11. The molecule has 1 spiro atoms. The number of carbonyl (C=O) groups excluding carboxylic acids is 6. The van der Waals surface area contributed by atoms with Crippen LogP contribution >= 0.6 is 0 Å². The van der Waals surface area contributed by atoms with Crippen molar-refractivity contribution in [2.45, 2.75) is 189 Å². The van der Waals surface area contributed by atoms with Crippen molar-refractivity contribution in [1.82, 2.24) is 0 Å². The number of rotatable bonds is 21. The van der Waals surface area contributed by atoms with Gasteiger partial charge in [0, 0.05) is 56.9 Å². The third-order valence-electron chi connectivity index (χ3n) is 10.8.